The number of carbonyl (C=O) groups is 2. The van der Waals surface area contributed by atoms with E-state index in [4.69, 9.17) is 0 Å². The standard InChI is InChI=1S/C20H28N2O2/c1-14(2)21-19(23)16-9-11-17(12-10-16)20(24)22-13-5-7-15-6-3-4-8-18(15)22/h9-12,14-15,18H,3-8,13H2,1-2H3,(H,21,23)/t15-,18-/m0/s1. The van der Waals surface area contributed by atoms with Gasteiger partial charge in [-0.25, -0.2) is 0 Å². The molecule has 0 unspecified atom stereocenters. The average molecular weight is 328 g/mol. The number of fused-ring (bicyclic) bond motifs is 1. The van der Waals surface area contributed by atoms with Crippen molar-refractivity contribution in [3.05, 3.63) is 35.4 Å². The number of rotatable bonds is 3. The first-order valence-corrected chi connectivity index (χ1v) is 9.28. The van der Waals surface area contributed by atoms with E-state index in [-0.39, 0.29) is 17.9 Å². The van der Waals surface area contributed by atoms with E-state index in [0.717, 1.165) is 19.4 Å². The molecule has 1 aliphatic heterocycles. The Balaban J connectivity index is 1.71. The fourth-order valence-electron chi connectivity index (χ4n) is 4.15. The van der Waals surface area contributed by atoms with Crippen molar-refractivity contribution in [2.45, 2.75) is 64.5 Å². The normalized spacial score (nSPS) is 23.7. The van der Waals surface area contributed by atoms with Crippen LogP contribution in [-0.2, 0) is 0 Å². The van der Waals surface area contributed by atoms with E-state index in [1.165, 1.54) is 25.7 Å². The maximum absolute atomic E-state index is 12.9. The third-order valence-electron chi connectivity index (χ3n) is 5.32. The summed E-state index contributed by atoms with van der Waals surface area (Å²) < 4.78 is 0. The Hall–Kier alpha value is -1.84. The van der Waals surface area contributed by atoms with Gasteiger partial charge >= 0.3 is 0 Å². The lowest BCUT2D eigenvalue weighted by atomic mass is 9.78. The number of benzene rings is 1. The first-order chi connectivity index (χ1) is 11.6. The molecule has 130 valence electrons. The number of likely N-dealkylation sites (tertiary alicyclic amines) is 1. The van der Waals surface area contributed by atoms with Crippen molar-refractivity contribution >= 4 is 11.8 Å². The summed E-state index contributed by atoms with van der Waals surface area (Å²) in [5.41, 5.74) is 1.30. The predicted octanol–water partition coefficient (Wildman–Crippen LogP) is 3.62. The second-order valence-electron chi connectivity index (χ2n) is 7.46. The van der Waals surface area contributed by atoms with Crippen LogP contribution in [0.4, 0.5) is 0 Å². The van der Waals surface area contributed by atoms with Crippen LogP contribution in [0.5, 0.6) is 0 Å². The van der Waals surface area contributed by atoms with E-state index < -0.39 is 0 Å². The lowest BCUT2D eigenvalue weighted by Crippen LogP contribution is -2.49. The van der Waals surface area contributed by atoms with E-state index in [0.29, 0.717) is 23.1 Å². The monoisotopic (exact) mass is 328 g/mol. The van der Waals surface area contributed by atoms with Crippen molar-refractivity contribution in [2.75, 3.05) is 6.54 Å². The summed E-state index contributed by atoms with van der Waals surface area (Å²) in [6, 6.07) is 7.63. The van der Waals surface area contributed by atoms with Gasteiger partial charge in [0.1, 0.15) is 0 Å². The van der Waals surface area contributed by atoms with Crippen molar-refractivity contribution in [1.82, 2.24) is 10.2 Å². The van der Waals surface area contributed by atoms with Gasteiger partial charge in [-0.1, -0.05) is 12.8 Å². The van der Waals surface area contributed by atoms with Gasteiger partial charge < -0.3 is 10.2 Å². The van der Waals surface area contributed by atoms with Gasteiger partial charge in [-0.05, 0) is 69.7 Å². The Morgan fingerprint density at radius 3 is 2.33 bits per heavy atom. The highest BCUT2D eigenvalue weighted by Crippen LogP contribution is 2.35. The predicted molar refractivity (Wildman–Crippen MR) is 95.1 cm³/mol. The molecule has 1 saturated carbocycles. The van der Waals surface area contributed by atoms with E-state index in [9.17, 15) is 9.59 Å². The molecule has 1 aromatic carbocycles. The van der Waals surface area contributed by atoms with Gasteiger partial charge in [0, 0.05) is 29.8 Å². The molecule has 0 spiro atoms. The number of nitrogens with one attached hydrogen (secondary N) is 1. The van der Waals surface area contributed by atoms with Crippen LogP contribution in [0.3, 0.4) is 0 Å². The SMILES string of the molecule is CC(C)NC(=O)c1ccc(C(=O)N2CCC[C@@H]3CCCC[C@@H]32)cc1. The molecule has 1 heterocycles. The van der Waals surface area contributed by atoms with Crippen LogP contribution in [0.2, 0.25) is 0 Å². The van der Waals surface area contributed by atoms with E-state index in [1.54, 1.807) is 24.3 Å². The van der Waals surface area contributed by atoms with Crippen molar-refractivity contribution in [3.8, 4) is 0 Å². The van der Waals surface area contributed by atoms with Crippen LogP contribution in [0.1, 0.15) is 73.1 Å². The molecule has 2 aliphatic rings. The molecule has 3 rings (SSSR count). The molecule has 1 saturated heterocycles. The highest BCUT2D eigenvalue weighted by Gasteiger charge is 2.35. The second kappa shape index (κ2) is 7.37. The van der Waals surface area contributed by atoms with E-state index in [1.807, 2.05) is 13.8 Å². The second-order valence-corrected chi connectivity index (χ2v) is 7.46. The number of carbonyl (C=O) groups excluding carboxylic acids is 2. The van der Waals surface area contributed by atoms with Gasteiger partial charge in [0.2, 0.25) is 0 Å². The smallest absolute Gasteiger partial charge is 0.254 e. The van der Waals surface area contributed by atoms with Crippen LogP contribution < -0.4 is 5.32 Å². The molecule has 1 aliphatic carbocycles. The number of nitrogens with zero attached hydrogens (tertiary/aromatic N) is 1. The van der Waals surface area contributed by atoms with Gasteiger partial charge in [0.25, 0.3) is 11.8 Å². The molecule has 1 aromatic rings. The first kappa shape index (κ1) is 17.0. The highest BCUT2D eigenvalue weighted by atomic mass is 16.2. The van der Waals surface area contributed by atoms with Gasteiger partial charge in [-0.3, -0.25) is 9.59 Å². The maximum Gasteiger partial charge on any atom is 0.254 e. The van der Waals surface area contributed by atoms with Crippen molar-refractivity contribution in [2.24, 2.45) is 5.92 Å². The topological polar surface area (TPSA) is 49.4 Å². The van der Waals surface area contributed by atoms with Crippen LogP contribution in [0.25, 0.3) is 0 Å². The van der Waals surface area contributed by atoms with Gasteiger partial charge in [0.15, 0.2) is 0 Å². The van der Waals surface area contributed by atoms with Gasteiger partial charge in [0.05, 0.1) is 0 Å². The van der Waals surface area contributed by atoms with Gasteiger partial charge in [-0.2, -0.15) is 0 Å². The Labute approximate surface area is 144 Å². The molecule has 24 heavy (non-hydrogen) atoms. The molecule has 2 amide bonds. The molecular weight excluding hydrogens is 300 g/mol. The summed E-state index contributed by atoms with van der Waals surface area (Å²) in [5.74, 6) is 0.726. The van der Waals surface area contributed by atoms with E-state index in [2.05, 4.69) is 10.2 Å². The number of amides is 2. The lowest BCUT2D eigenvalue weighted by molar-refractivity contribution is 0.0390. The first-order valence-electron chi connectivity index (χ1n) is 9.28. The van der Waals surface area contributed by atoms with E-state index >= 15 is 0 Å². The van der Waals surface area contributed by atoms with Gasteiger partial charge in [-0.15, -0.1) is 0 Å². The molecule has 0 radical (unpaired) electrons. The lowest BCUT2D eigenvalue weighted by Gasteiger charge is -2.44. The molecule has 0 bridgehead atoms. The van der Waals surface area contributed by atoms with Crippen molar-refractivity contribution in [1.29, 1.82) is 0 Å². The number of piperidine rings is 1. The van der Waals surface area contributed by atoms with Crippen LogP contribution in [-0.4, -0.2) is 35.3 Å². The molecule has 2 atom stereocenters. The zero-order chi connectivity index (χ0) is 17.1. The Morgan fingerprint density at radius 1 is 1.00 bits per heavy atom. The summed E-state index contributed by atoms with van der Waals surface area (Å²) in [7, 11) is 0. The minimum Gasteiger partial charge on any atom is -0.350 e. The summed E-state index contributed by atoms with van der Waals surface area (Å²) in [6.07, 6.45) is 7.33. The maximum atomic E-state index is 12.9. The average Bonchev–Trinajstić information content (AvgIpc) is 2.60. The minimum absolute atomic E-state index is 0.0886. The fourth-order valence-corrected chi connectivity index (χ4v) is 4.15. The highest BCUT2D eigenvalue weighted by molar-refractivity contribution is 5.98. The molecule has 4 heteroatoms. The van der Waals surface area contributed by atoms with Crippen LogP contribution >= 0.6 is 0 Å². The Kier molecular flexibility index (Phi) is 5.22. The molecule has 2 fully saturated rings. The van der Waals surface area contributed by atoms with Crippen LogP contribution in [0, 0.1) is 5.92 Å². The Bertz CT molecular complexity index is 592. The summed E-state index contributed by atoms with van der Waals surface area (Å²) in [4.78, 5) is 27.1. The van der Waals surface area contributed by atoms with Crippen LogP contribution in [0.15, 0.2) is 24.3 Å². The third-order valence-corrected chi connectivity index (χ3v) is 5.32. The van der Waals surface area contributed by atoms with Crippen molar-refractivity contribution in [3.63, 3.8) is 0 Å². The minimum atomic E-state index is -0.0886. The quantitative estimate of drug-likeness (QED) is 0.921. The number of hydrogen-bond acceptors (Lipinski definition) is 2. The molecule has 0 aromatic heterocycles. The summed E-state index contributed by atoms with van der Waals surface area (Å²) in [6.45, 7) is 4.75. The fraction of sp³-hybridized carbons (Fsp3) is 0.600. The summed E-state index contributed by atoms with van der Waals surface area (Å²) >= 11 is 0. The zero-order valence-corrected chi connectivity index (χ0v) is 14.8. The zero-order valence-electron chi connectivity index (χ0n) is 14.8. The largest absolute Gasteiger partial charge is 0.350 e. The number of hydrogen-bond donors (Lipinski definition) is 1. The Morgan fingerprint density at radius 2 is 1.62 bits per heavy atom. The summed E-state index contributed by atoms with van der Waals surface area (Å²) in [5, 5.41) is 2.87. The molecule has 1 N–H and O–H groups in total. The third kappa shape index (κ3) is 3.63. The van der Waals surface area contributed by atoms with Crippen molar-refractivity contribution < 1.29 is 9.59 Å². The molecular formula is C20H28N2O2. The molecule has 4 nitrogen and oxygen atoms in total.